The van der Waals surface area contributed by atoms with Crippen molar-refractivity contribution in [2.45, 2.75) is 6.92 Å². The summed E-state index contributed by atoms with van der Waals surface area (Å²) in [5.41, 5.74) is 1.63. The minimum atomic E-state index is 0.117. The third kappa shape index (κ3) is 1.96. The van der Waals surface area contributed by atoms with E-state index in [4.69, 9.17) is 0 Å². The summed E-state index contributed by atoms with van der Waals surface area (Å²) in [6, 6.07) is 22.1. The highest BCUT2D eigenvalue weighted by molar-refractivity contribution is 7.19. The quantitative estimate of drug-likeness (QED) is 0.441. The number of carbonyl (C=O) groups excluding carboxylic acids is 1. The number of hydrogen-bond acceptors (Lipinski definition) is 2. The highest BCUT2D eigenvalue weighted by Gasteiger charge is 2.19. The van der Waals surface area contributed by atoms with Crippen LogP contribution in [0.2, 0.25) is 0 Å². The number of hydrogen-bond donors (Lipinski definition) is 0. The van der Waals surface area contributed by atoms with Gasteiger partial charge in [-0.05, 0) is 23.8 Å². The lowest BCUT2D eigenvalue weighted by Crippen LogP contribution is -2.02. The average Bonchev–Trinajstić information content (AvgIpc) is 2.89. The summed E-state index contributed by atoms with van der Waals surface area (Å²) in [5, 5.41) is 3.18. The van der Waals surface area contributed by atoms with E-state index < -0.39 is 0 Å². The zero-order chi connectivity index (χ0) is 15.1. The second-order valence-electron chi connectivity index (χ2n) is 5.39. The number of ketones is 1. The van der Waals surface area contributed by atoms with E-state index in [0.717, 1.165) is 32.2 Å². The molecular formula is C20H14OS. The van der Waals surface area contributed by atoms with Crippen molar-refractivity contribution in [3.8, 4) is 0 Å². The molecule has 0 aliphatic heterocycles. The second kappa shape index (κ2) is 5.08. The van der Waals surface area contributed by atoms with Crippen molar-refractivity contribution in [1.29, 1.82) is 0 Å². The molecule has 106 valence electrons. The third-order valence-corrected chi connectivity index (χ3v) is 5.12. The van der Waals surface area contributed by atoms with Gasteiger partial charge >= 0.3 is 0 Å². The molecule has 0 saturated heterocycles. The molecule has 0 spiro atoms. The van der Waals surface area contributed by atoms with E-state index >= 15 is 0 Å². The number of rotatable bonds is 2. The van der Waals surface area contributed by atoms with Crippen molar-refractivity contribution in [2.75, 3.05) is 0 Å². The van der Waals surface area contributed by atoms with Crippen LogP contribution in [0.1, 0.15) is 20.8 Å². The largest absolute Gasteiger partial charge is 0.289 e. The molecule has 0 saturated carbocycles. The Hall–Kier alpha value is -2.45. The zero-order valence-corrected chi connectivity index (χ0v) is 13.0. The van der Waals surface area contributed by atoms with Crippen LogP contribution in [0.15, 0.2) is 66.7 Å². The molecule has 1 nitrogen and oxygen atoms in total. The molecule has 3 aromatic carbocycles. The van der Waals surface area contributed by atoms with Crippen LogP contribution in [-0.4, -0.2) is 5.78 Å². The zero-order valence-electron chi connectivity index (χ0n) is 12.2. The minimum absolute atomic E-state index is 0.117. The molecule has 0 radical (unpaired) electrons. The Morgan fingerprint density at radius 2 is 1.50 bits per heavy atom. The van der Waals surface area contributed by atoms with E-state index in [1.165, 1.54) is 4.70 Å². The maximum Gasteiger partial charge on any atom is 0.195 e. The summed E-state index contributed by atoms with van der Waals surface area (Å²) in [4.78, 5) is 14.2. The fraction of sp³-hybridized carbons (Fsp3) is 0.0500. The summed E-state index contributed by atoms with van der Waals surface area (Å²) in [7, 11) is 0. The first-order valence-electron chi connectivity index (χ1n) is 7.26. The predicted molar refractivity (Wildman–Crippen MR) is 93.9 cm³/mol. The van der Waals surface area contributed by atoms with Crippen molar-refractivity contribution < 1.29 is 4.79 Å². The van der Waals surface area contributed by atoms with E-state index in [2.05, 4.69) is 6.07 Å². The van der Waals surface area contributed by atoms with Gasteiger partial charge in [-0.15, -0.1) is 11.3 Å². The van der Waals surface area contributed by atoms with E-state index in [-0.39, 0.29) is 5.78 Å². The summed E-state index contributed by atoms with van der Waals surface area (Å²) < 4.78 is 1.17. The molecule has 0 fully saturated rings. The molecular weight excluding hydrogens is 288 g/mol. The Morgan fingerprint density at radius 1 is 0.818 bits per heavy atom. The number of aryl methyl sites for hydroxylation is 1. The molecule has 22 heavy (non-hydrogen) atoms. The molecule has 1 heterocycles. The van der Waals surface area contributed by atoms with Crippen LogP contribution in [0.25, 0.3) is 20.9 Å². The molecule has 4 rings (SSSR count). The van der Waals surface area contributed by atoms with Crippen molar-refractivity contribution in [3.63, 3.8) is 0 Å². The lowest BCUT2D eigenvalue weighted by Gasteiger charge is -2.06. The maximum atomic E-state index is 13.2. The topological polar surface area (TPSA) is 17.1 Å². The number of fused-ring (bicyclic) bond motifs is 2. The Labute approximate surface area is 132 Å². The lowest BCUT2D eigenvalue weighted by molar-refractivity contribution is 0.104. The van der Waals surface area contributed by atoms with E-state index in [1.54, 1.807) is 11.3 Å². The Bertz CT molecular complexity index is 1010. The second-order valence-corrected chi connectivity index (χ2v) is 6.64. The average molecular weight is 302 g/mol. The first kappa shape index (κ1) is 13.2. The van der Waals surface area contributed by atoms with Gasteiger partial charge in [0.15, 0.2) is 5.78 Å². The minimum Gasteiger partial charge on any atom is -0.289 e. The van der Waals surface area contributed by atoms with Crippen molar-refractivity contribution in [3.05, 3.63) is 82.7 Å². The van der Waals surface area contributed by atoms with Crippen LogP contribution < -0.4 is 0 Å². The van der Waals surface area contributed by atoms with Crippen molar-refractivity contribution in [2.24, 2.45) is 0 Å². The SMILES string of the molecule is Cc1sc2ccccc2c1C(=O)c1cccc2ccccc12. The Morgan fingerprint density at radius 3 is 2.36 bits per heavy atom. The molecule has 4 aromatic rings. The smallest absolute Gasteiger partial charge is 0.195 e. The highest BCUT2D eigenvalue weighted by Crippen LogP contribution is 2.33. The van der Waals surface area contributed by atoms with Gasteiger partial charge in [-0.3, -0.25) is 4.79 Å². The van der Waals surface area contributed by atoms with Gasteiger partial charge in [0.1, 0.15) is 0 Å². The van der Waals surface area contributed by atoms with Crippen molar-refractivity contribution in [1.82, 2.24) is 0 Å². The van der Waals surface area contributed by atoms with Gasteiger partial charge in [-0.25, -0.2) is 0 Å². The number of benzene rings is 3. The maximum absolute atomic E-state index is 13.2. The van der Waals surface area contributed by atoms with Gasteiger partial charge in [0, 0.05) is 26.1 Å². The van der Waals surface area contributed by atoms with Crippen LogP contribution >= 0.6 is 11.3 Å². The molecule has 0 aliphatic rings. The summed E-state index contributed by atoms with van der Waals surface area (Å²) in [6.45, 7) is 2.03. The Balaban J connectivity index is 1.98. The number of thiophene rings is 1. The predicted octanol–water partition coefficient (Wildman–Crippen LogP) is 5.59. The van der Waals surface area contributed by atoms with Gasteiger partial charge in [-0.2, -0.15) is 0 Å². The van der Waals surface area contributed by atoms with Gasteiger partial charge in [0.25, 0.3) is 0 Å². The van der Waals surface area contributed by atoms with Crippen LogP contribution in [0, 0.1) is 6.92 Å². The number of carbonyl (C=O) groups is 1. The van der Waals surface area contributed by atoms with E-state index in [9.17, 15) is 4.79 Å². The molecule has 0 aliphatic carbocycles. The van der Waals surface area contributed by atoms with Crippen LogP contribution in [0.5, 0.6) is 0 Å². The molecule has 0 bridgehead atoms. The van der Waals surface area contributed by atoms with Crippen LogP contribution in [0.3, 0.4) is 0 Å². The molecule has 0 atom stereocenters. The molecule has 0 amide bonds. The van der Waals surface area contributed by atoms with E-state index in [0.29, 0.717) is 0 Å². The van der Waals surface area contributed by atoms with E-state index in [1.807, 2.05) is 67.6 Å². The normalized spacial score (nSPS) is 11.1. The fourth-order valence-electron chi connectivity index (χ4n) is 3.01. The monoisotopic (exact) mass is 302 g/mol. The van der Waals surface area contributed by atoms with Crippen LogP contribution in [-0.2, 0) is 0 Å². The summed E-state index contributed by atoms with van der Waals surface area (Å²) in [5.74, 6) is 0.117. The first-order chi connectivity index (χ1) is 10.8. The highest BCUT2D eigenvalue weighted by atomic mass is 32.1. The van der Waals surface area contributed by atoms with Gasteiger partial charge in [0.2, 0.25) is 0 Å². The summed E-state index contributed by atoms with van der Waals surface area (Å²) >= 11 is 1.69. The third-order valence-electron chi connectivity index (χ3n) is 4.03. The fourth-order valence-corrected chi connectivity index (χ4v) is 4.07. The van der Waals surface area contributed by atoms with Crippen molar-refractivity contribution >= 4 is 38.0 Å². The lowest BCUT2D eigenvalue weighted by atomic mass is 9.96. The van der Waals surface area contributed by atoms with Crippen LogP contribution in [0.4, 0.5) is 0 Å². The molecule has 0 N–H and O–H groups in total. The van der Waals surface area contributed by atoms with Gasteiger partial charge in [-0.1, -0.05) is 60.7 Å². The standard InChI is InChI=1S/C20H14OS/c1-13-19(17-10-4-5-12-18(17)22-13)20(21)16-11-6-8-14-7-2-3-9-15(14)16/h2-12H,1H3. The first-order valence-corrected chi connectivity index (χ1v) is 8.08. The molecule has 1 aromatic heterocycles. The molecule has 0 unspecified atom stereocenters. The van der Waals surface area contributed by atoms with Gasteiger partial charge < -0.3 is 0 Å². The van der Waals surface area contributed by atoms with Gasteiger partial charge in [0.05, 0.1) is 0 Å². The summed E-state index contributed by atoms with van der Waals surface area (Å²) in [6.07, 6.45) is 0. The molecule has 2 heteroatoms. The Kier molecular flexibility index (Phi) is 3.05.